The first-order chi connectivity index (χ1) is 14.0. The molecule has 1 unspecified atom stereocenters. The molecule has 0 aliphatic heterocycles. The van der Waals surface area contributed by atoms with Crippen LogP contribution in [-0.4, -0.2) is 27.4 Å². The highest BCUT2D eigenvalue weighted by atomic mass is 28.3. The van der Waals surface area contributed by atoms with E-state index < -0.39 is 8.07 Å². The Bertz CT molecular complexity index is 568. The number of benzene rings is 1. The second-order valence-electron chi connectivity index (χ2n) is 9.13. The minimum atomic E-state index is -1.43. The van der Waals surface area contributed by atoms with Crippen LogP contribution in [0.5, 0.6) is 0 Å². The summed E-state index contributed by atoms with van der Waals surface area (Å²) in [4.78, 5) is 0. The lowest BCUT2D eigenvalue weighted by Gasteiger charge is -2.23. The molecule has 0 saturated heterocycles. The number of hydrogen-bond donors (Lipinski definition) is 0. The topological polar surface area (TPSA) is 18.5 Å². The summed E-state index contributed by atoms with van der Waals surface area (Å²) in [5.74, 6) is 3.39. The van der Waals surface area contributed by atoms with E-state index in [4.69, 9.17) is 9.47 Å². The van der Waals surface area contributed by atoms with Crippen molar-refractivity contribution in [3.8, 4) is 11.5 Å². The van der Waals surface area contributed by atoms with Gasteiger partial charge in [-0.25, -0.2) is 0 Å². The van der Waals surface area contributed by atoms with Gasteiger partial charge in [0.25, 0.3) is 0 Å². The Morgan fingerprint density at radius 1 is 0.862 bits per heavy atom. The molecule has 0 spiro atoms. The van der Waals surface area contributed by atoms with Crippen LogP contribution in [0.4, 0.5) is 0 Å². The molecule has 0 fully saturated rings. The number of hydrogen-bond acceptors (Lipinski definition) is 2. The third kappa shape index (κ3) is 13.7. The molecule has 0 saturated carbocycles. The molecular weight excluding hydrogens is 372 g/mol. The lowest BCUT2D eigenvalue weighted by atomic mass is 10.0. The minimum Gasteiger partial charge on any atom is -0.370 e. The predicted molar refractivity (Wildman–Crippen MR) is 129 cm³/mol. The average Bonchev–Trinajstić information content (AvgIpc) is 2.70. The molecule has 0 N–H and O–H groups in total. The summed E-state index contributed by atoms with van der Waals surface area (Å²) in [6, 6.07) is 10.4. The molecule has 0 bridgehead atoms. The highest BCUT2D eigenvalue weighted by molar-refractivity contribution is 6.83. The van der Waals surface area contributed by atoms with Crippen molar-refractivity contribution in [2.75, 3.05) is 7.11 Å². The maximum Gasteiger partial charge on any atom is 0.143 e. The van der Waals surface area contributed by atoms with Crippen LogP contribution in [0.25, 0.3) is 0 Å². The van der Waals surface area contributed by atoms with E-state index in [0.29, 0.717) is 6.61 Å². The molecule has 0 aliphatic rings. The summed E-state index contributed by atoms with van der Waals surface area (Å²) in [7, 11) is 0.334. The number of unbranched alkanes of at least 4 members (excludes halogenated alkanes) is 8. The molecule has 0 amide bonds. The quantitative estimate of drug-likeness (QED) is 0.169. The van der Waals surface area contributed by atoms with Crippen molar-refractivity contribution in [1.29, 1.82) is 0 Å². The fourth-order valence-corrected chi connectivity index (χ4v) is 3.92. The van der Waals surface area contributed by atoms with Crippen LogP contribution in [0.3, 0.4) is 0 Å². The summed E-state index contributed by atoms with van der Waals surface area (Å²) in [5, 5.41) is 0. The van der Waals surface area contributed by atoms with Gasteiger partial charge in [0.15, 0.2) is 0 Å². The first kappa shape index (κ1) is 26.0. The second kappa shape index (κ2) is 15.7. The fourth-order valence-electron chi connectivity index (χ4n) is 3.35. The van der Waals surface area contributed by atoms with Gasteiger partial charge in [0.1, 0.15) is 14.2 Å². The number of ether oxygens (including phenoxy) is 2. The molecule has 29 heavy (non-hydrogen) atoms. The van der Waals surface area contributed by atoms with Crippen LogP contribution in [0.2, 0.25) is 19.6 Å². The monoisotopic (exact) mass is 416 g/mol. The van der Waals surface area contributed by atoms with Crippen molar-refractivity contribution in [2.24, 2.45) is 0 Å². The van der Waals surface area contributed by atoms with Crippen LogP contribution in [-0.2, 0) is 16.1 Å². The van der Waals surface area contributed by atoms with E-state index in [1.54, 1.807) is 7.11 Å². The van der Waals surface area contributed by atoms with Crippen molar-refractivity contribution < 1.29 is 9.47 Å². The molecule has 0 radical (unpaired) electrons. The normalized spacial score (nSPS) is 13.6. The third-order valence-corrected chi connectivity index (χ3v) is 5.97. The number of rotatable bonds is 15. The standard InChI is InChI=1S/C26H44O2Si/c1-6-7-8-9-10-11-12-13-17-20-26(25(27-2)21-22-29(3,4)5)28-23-24-18-15-14-16-19-24/h14-16,18-19,25-26H,6-13,17,20,23H2,1-5H3/t25?,26-/m1/s1. The molecule has 1 rings (SSSR count). The van der Waals surface area contributed by atoms with Gasteiger partial charge in [-0.3, -0.25) is 0 Å². The van der Waals surface area contributed by atoms with Gasteiger partial charge in [-0.05, 0) is 12.0 Å². The minimum absolute atomic E-state index is 0.0358. The molecule has 2 atom stereocenters. The Balaban J connectivity index is 2.49. The highest BCUT2D eigenvalue weighted by Crippen LogP contribution is 2.17. The molecule has 3 heteroatoms. The van der Waals surface area contributed by atoms with E-state index in [1.807, 2.05) is 6.07 Å². The summed E-state index contributed by atoms with van der Waals surface area (Å²) in [5.41, 5.74) is 4.68. The zero-order chi connectivity index (χ0) is 21.4. The Morgan fingerprint density at radius 3 is 2.00 bits per heavy atom. The van der Waals surface area contributed by atoms with E-state index in [0.717, 1.165) is 6.42 Å². The average molecular weight is 417 g/mol. The predicted octanol–water partition coefficient (Wildman–Crippen LogP) is 7.39. The van der Waals surface area contributed by atoms with Gasteiger partial charge < -0.3 is 9.47 Å². The van der Waals surface area contributed by atoms with Crippen LogP contribution in [0, 0.1) is 11.5 Å². The Hall–Kier alpha value is -1.08. The van der Waals surface area contributed by atoms with Crippen LogP contribution >= 0.6 is 0 Å². The van der Waals surface area contributed by atoms with Crippen molar-refractivity contribution in [3.05, 3.63) is 35.9 Å². The lowest BCUT2D eigenvalue weighted by molar-refractivity contribution is -0.0444. The molecule has 1 aromatic rings. The SMILES string of the molecule is CCCCCCCCCCC[C@@H](OCc1ccccc1)C(C#C[Si](C)(C)C)OC. The van der Waals surface area contributed by atoms with Crippen molar-refractivity contribution >= 4 is 8.07 Å². The molecule has 164 valence electrons. The van der Waals surface area contributed by atoms with E-state index in [9.17, 15) is 0 Å². The van der Waals surface area contributed by atoms with Gasteiger partial charge in [0.05, 0.1) is 12.7 Å². The summed E-state index contributed by atoms with van der Waals surface area (Å²) >= 11 is 0. The summed E-state index contributed by atoms with van der Waals surface area (Å²) in [6.07, 6.45) is 13.0. The van der Waals surface area contributed by atoms with E-state index in [-0.39, 0.29) is 12.2 Å². The Labute approximate surface area is 181 Å². The smallest absolute Gasteiger partial charge is 0.143 e. The first-order valence-corrected chi connectivity index (χ1v) is 15.2. The van der Waals surface area contributed by atoms with Crippen LogP contribution in [0.15, 0.2) is 30.3 Å². The largest absolute Gasteiger partial charge is 0.370 e. The molecule has 0 heterocycles. The maximum atomic E-state index is 6.31. The zero-order valence-corrected chi connectivity index (χ0v) is 20.6. The van der Waals surface area contributed by atoms with Crippen LogP contribution in [0.1, 0.15) is 76.7 Å². The van der Waals surface area contributed by atoms with Gasteiger partial charge in [0, 0.05) is 7.11 Å². The summed E-state index contributed by atoms with van der Waals surface area (Å²) < 4.78 is 12.1. The van der Waals surface area contributed by atoms with Gasteiger partial charge in [-0.15, -0.1) is 5.54 Å². The second-order valence-corrected chi connectivity index (χ2v) is 13.9. The van der Waals surface area contributed by atoms with Crippen molar-refractivity contribution in [1.82, 2.24) is 0 Å². The first-order valence-electron chi connectivity index (χ1n) is 11.7. The van der Waals surface area contributed by atoms with E-state index >= 15 is 0 Å². The van der Waals surface area contributed by atoms with E-state index in [1.165, 1.54) is 63.4 Å². The zero-order valence-electron chi connectivity index (χ0n) is 19.6. The van der Waals surface area contributed by atoms with Gasteiger partial charge in [-0.2, -0.15) is 0 Å². The van der Waals surface area contributed by atoms with E-state index in [2.05, 4.69) is 62.3 Å². The molecular formula is C26H44O2Si. The van der Waals surface area contributed by atoms with Crippen LogP contribution < -0.4 is 0 Å². The van der Waals surface area contributed by atoms with Crippen molar-refractivity contribution in [3.63, 3.8) is 0 Å². The highest BCUT2D eigenvalue weighted by Gasteiger charge is 2.21. The molecule has 0 aliphatic carbocycles. The molecule has 0 aromatic heterocycles. The third-order valence-electron chi connectivity index (χ3n) is 5.08. The van der Waals surface area contributed by atoms with Gasteiger partial charge >= 0.3 is 0 Å². The lowest BCUT2D eigenvalue weighted by Crippen LogP contribution is -2.30. The Morgan fingerprint density at radius 2 is 1.45 bits per heavy atom. The van der Waals surface area contributed by atoms with Crippen molar-refractivity contribution in [2.45, 2.75) is 110 Å². The van der Waals surface area contributed by atoms with Gasteiger partial charge in [-0.1, -0.05) is 121 Å². The fraction of sp³-hybridized carbons (Fsp3) is 0.692. The number of methoxy groups -OCH3 is 1. The van der Waals surface area contributed by atoms with Gasteiger partial charge in [0.2, 0.25) is 0 Å². The molecule has 1 aromatic carbocycles. The molecule has 2 nitrogen and oxygen atoms in total. The summed E-state index contributed by atoms with van der Waals surface area (Å²) in [6.45, 7) is 9.71. The Kier molecular flexibility index (Phi) is 14.1. The maximum absolute atomic E-state index is 6.31.